The molecule has 1 atom stereocenters. The summed E-state index contributed by atoms with van der Waals surface area (Å²) in [6, 6.07) is 6.57. The van der Waals surface area contributed by atoms with Gasteiger partial charge in [0, 0.05) is 6.54 Å². The maximum Gasteiger partial charge on any atom is 0.321 e. The van der Waals surface area contributed by atoms with Crippen LogP contribution in [-0.4, -0.2) is 23.0 Å². The van der Waals surface area contributed by atoms with Gasteiger partial charge in [-0.2, -0.15) is 0 Å². The minimum Gasteiger partial charge on any atom is -0.480 e. The van der Waals surface area contributed by atoms with Crippen molar-refractivity contribution in [3.05, 3.63) is 35.4 Å². The van der Waals surface area contributed by atoms with Crippen LogP contribution in [0.15, 0.2) is 24.3 Å². The number of benzene rings is 1. The van der Waals surface area contributed by atoms with E-state index in [0.29, 0.717) is 6.54 Å². The molecule has 0 spiro atoms. The third-order valence-electron chi connectivity index (χ3n) is 2.33. The summed E-state index contributed by atoms with van der Waals surface area (Å²) in [5.41, 5.74) is 7.36. The minimum atomic E-state index is -1.17. The van der Waals surface area contributed by atoms with Gasteiger partial charge in [0.05, 0.1) is 6.42 Å². The van der Waals surface area contributed by atoms with Gasteiger partial charge in [-0.15, -0.1) is 0 Å². The van der Waals surface area contributed by atoms with Crippen LogP contribution in [0.1, 0.15) is 17.5 Å². The Hall–Kier alpha value is -1.88. The second-order valence-electron chi connectivity index (χ2n) is 3.91. The van der Waals surface area contributed by atoms with Crippen molar-refractivity contribution < 1.29 is 14.7 Å². The third kappa shape index (κ3) is 4.65. The van der Waals surface area contributed by atoms with Crippen molar-refractivity contribution >= 4 is 11.9 Å². The zero-order valence-corrected chi connectivity index (χ0v) is 9.64. The molecule has 0 saturated carbocycles. The Labute approximate surface area is 99.6 Å². The van der Waals surface area contributed by atoms with Crippen molar-refractivity contribution in [2.45, 2.75) is 25.9 Å². The molecule has 0 fully saturated rings. The van der Waals surface area contributed by atoms with Crippen LogP contribution in [0, 0.1) is 6.92 Å². The fraction of sp³-hybridized carbons (Fsp3) is 0.333. The van der Waals surface area contributed by atoms with E-state index >= 15 is 0 Å². The van der Waals surface area contributed by atoms with Gasteiger partial charge in [0.15, 0.2) is 0 Å². The van der Waals surface area contributed by atoms with Crippen LogP contribution in [0.25, 0.3) is 0 Å². The summed E-state index contributed by atoms with van der Waals surface area (Å²) in [5, 5.41) is 11.2. The molecule has 5 nitrogen and oxygen atoms in total. The largest absolute Gasteiger partial charge is 0.480 e. The lowest BCUT2D eigenvalue weighted by molar-refractivity contribution is -0.140. The van der Waals surface area contributed by atoms with Gasteiger partial charge in [0.2, 0.25) is 5.91 Å². The molecule has 0 aliphatic heterocycles. The summed E-state index contributed by atoms with van der Waals surface area (Å²) in [6.45, 7) is 2.36. The summed E-state index contributed by atoms with van der Waals surface area (Å²) < 4.78 is 0. The van der Waals surface area contributed by atoms with E-state index in [-0.39, 0.29) is 12.3 Å². The summed E-state index contributed by atoms with van der Waals surface area (Å²) in [6.07, 6.45) is -0.207. The van der Waals surface area contributed by atoms with Gasteiger partial charge < -0.3 is 16.2 Å². The Kier molecular flexibility index (Phi) is 4.66. The number of rotatable bonds is 5. The molecule has 4 N–H and O–H groups in total. The van der Waals surface area contributed by atoms with Gasteiger partial charge in [-0.1, -0.05) is 29.8 Å². The monoisotopic (exact) mass is 236 g/mol. The lowest BCUT2D eigenvalue weighted by Gasteiger charge is -2.08. The highest BCUT2D eigenvalue weighted by molar-refractivity contribution is 5.84. The van der Waals surface area contributed by atoms with Gasteiger partial charge in [0.1, 0.15) is 6.04 Å². The minimum absolute atomic E-state index is 0.207. The van der Waals surface area contributed by atoms with Crippen LogP contribution < -0.4 is 11.1 Å². The Morgan fingerprint density at radius 3 is 2.47 bits per heavy atom. The second kappa shape index (κ2) is 6.00. The van der Waals surface area contributed by atoms with Gasteiger partial charge in [-0.25, -0.2) is 0 Å². The van der Waals surface area contributed by atoms with Crippen LogP contribution in [0.4, 0.5) is 0 Å². The van der Waals surface area contributed by atoms with Gasteiger partial charge in [-0.05, 0) is 12.5 Å². The molecule has 0 aliphatic carbocycles. The maximum atomic E-state index is 11.3. The number of carboxylic acid groups (broad SMARTS) is 1. The van der Waals surface area contributed by atoms with Crippen molar-refractivity contribution in [2.24, 2.45) is 5.73 Å². The van der Waals surface area contributed by atoms with Crippen LogP contribution >= 0.6 is 0 Å². The second-order valence-corrected chi connectivity index (χ2v) is 3.91. The zero-order chi connectivity index (χ0) is 12.8. The molecular weight excluding hydrogens is 220 g/mol. The van der Waals surface area contributed by atoms with Crippen LogP contribution in [0.3, 0.4) is 0 Å². The predicted octanol–water partition coefficient (Wildman–Crippen LogP) is 0.413. The number of hydrogen-bond donors (Lipinski definition) is 3. The molecule has 1 aromatic carbocycles. The van der Waals surface area contributed by atoms with Crippen LogP contribution in [-0.2, 0) is 16.1 Å². The summed E-state index contributed by atoms with van der Waals surface area (Å²) in [4.78, 5) is 21.8. The van der Waals surface area contributed by atoms with Crippen LogP contribution in [0.5, 0.6) is 0 Å². The molecule has 5 heteroatoms. The standard InChI is InChI=1S/C12H16N2O3/c1-8-2-4-9(5-3-8)7-14-11(15)6-10(13)12(16)17/h2-5,10H,6-7,13H2,1H3,(H,14,15)(H,16,17). The molecule has 0 radical (unpaired) electrons. The fourth-order valence-electron chi connectivity index (χ4n) is 1.27. The lowest BCUT2D eigenvalue weighted by Crippen LogP contribution is -2.36. The molecule has 0 aromatic heterocycles. The zero-order valence-electron chi connectivity index (χ0n) is 9.64. The topological polar surface area (TPSA) is 92.4 Å². The first-order chi connectivity index (χ1) is 7.99. The molecule has 1 amide bonds. The SMILES string of the molecule is Cc1ccc(CNC(=O)CC(N)C(=O)O)cc1. The van der Waals surface area contributed by atoms with E-state index in [0.717, 1.165) is 11.1 Å². The number of carbonyl (C=O) groups excluding carboxylic acids is 1. The fourth-order valence-corrected chi connectivity index (χ4v) is 1.27. The molecule has 0 saturated heterocycles. The molecule has 0 aliphatic rings. The van der Waals surface area contributed by atoms with Crippen molar-refractivity contribution in [1.29, 1.82) is 0 Å². The molecule has 1 unspecified atom stereocenters. The maximum absolute atomic E-state index is 11.3. The number of nitrogens with one attached hydrogen (secondary N) is 1. The Balaban J connectivity index is 2.38. The third-order valence-corrected chi connectivity index (χ3v) is 2.33. The molecule has 1 rings (SSSR count). The van der Waals surface area contributed by atoms with Crippen molar-refractivity contribution in [2.75, 3.05) is 0 Å². The van der Waals surface area contributed by atoms with Gasteiger partial charge >= 0.3 is 5.97 Å². The van der Waals surface area contributed by atoms with Crippen LogP contribution in [0.2, 0.25) is 0 Å². The molecule has 0 bridgehead atoms. The first-order valence-electron chi connectivity index (χ1n) is 5.29. The van der Waals surface area contributed by atoms with E-state index < -0.39 is 12.0 Å². The smallest absolute Gasteiger partial charge is 0.321 e. The van der Waals surface area contributed by atoms with E-state index in [1.807, 2.05) is 31.2 Å². The highest BCUT2D eigenvalue weighted by Gasteiger charge is 2.15. The Bertz CT molecular complexity index is 401. The molecule has 0 heterocycles. The molecule has 92 valence electrons. The molecule has 1 aromatic rings. The van der Waals surface area contributed by atoms with Gasteiger partial charge in [0.25, 0.3) is 0 Å². The van der Waals surface area contributed by atoms with Crippen molar-refractivity contribution in [3.63, 3.8) is 0 Å². The van der Waals surface area contributed by atoms with Crippen molar-refractivity contribution in [3.8, 4) is 0 Å². The van der Waals surface area contributed by atoms with Gasteiger partial charge in [-0.3, -0.25) is 9.59 Å². The molecule has 17 heavy (non-hydrogen) atoms. The number of aliphatic carboxylic acids is 1. The van der Waals surface area contributed by atoms with Crippen molar-refractivity contribution in [1.82, 2.24) is 5.32 Å². The lowest BCUT2D eigenvalue weighted by atomic mass is 10.1. The van der Waals surface area contributed by atoms with E-state index in [2.05, 4.69) is 5.32 Å². The quantitative estimate of drug-likeness (QED) is 0.690. The Morgan fingerprint density at radius 1 is 1.35 bits per heavy atom. The predicted molar refractivity (Wildman–Crippen MR) is 63.3 cm³/mol. The normalized spacial score (nSPS) is 11.9. The van der Waals surface area contributed by atoms with E-state index in [1.165, 1.54) is 0 Å². The number of hydrogen-bond acceptors (Lipinski definition) is 3. The summed E-state index contributed by atoms with van der Waals surface area (Å²) in [5.74, 6) is -1.53. The number of aryl methyl sites for hydroxylation is 1. The Morgan fingerprint density at radius 2 is 1.94 bits per heavy atom. The highest BCUT2D eigenvalue weighted by atomic mass is 16.4. The van der Waals surface area contributed by atoms with E-state index in [1.54, 1.807) is 0 Å². The van der Waals surface area contributed by atoms with E-state index in [9.17, 15) is 9.59 Å². The average Bonchev–Trinajstić information content (AvgIpc) is 2.28. The highest BCUT2D eigenvalue weighted by Crippen LogP contribution is 2.02. The molecular formula is C12H16N2O3. The first-order valence-corrected chi connectivity index (χ1v) is 5.29. The number of carboxylic acids is 1. The first kappa shape index (κ1) is 13.2. The number of nitrogens with two attached hydrogens (primary N) is 1. The summed E-state index contributed by atoms with van der Waals surface area (Å²) in [7, 11) is 0. The van der Waals surface area contributed by atoms with E-state index in [4.69, 9.17) is 10.8 Å². The summed E-state index contributed by atoms with van der Waals surface area (Å²) >= 11 is 0. The number of carbonyl (C=O) groups is 2. The average molecular weight is 236 g/mol. The number of amides is 1.